The molecule has 0 unspecified atom stereocenters. The first kappa shape index (κ1) is 27.6. The Morgan fingerprint density at radius 1 is 0.902 bits per heavy atom. The number of fused-ring (bicyclic) bond motifs is 1. The minimum Gasteiger partial charge on any atom is -0.496 e. The summed E-state index contributed by atoms with van der Waals surface area (Å²) in [5, 5.41) is 5.18. The fourth-order valence-corrected chi connectivity index (χ4v) is 4.77. The zero-order chi connectivity index (χ0) is 28.9. The van der Waals surface area contributed by atoms with Gasteiger partial charge in [-0.2, -0.15) is 9.78 Å². The minimum atomic E-state index is -0.266. The van der Waals surface area contributed by atoms with Gasteiger partial charge >= 0.3 is 0 Å². The van der Waals surface area contributed by atoms with Gasteiger partial charge < -0.3 is 14.2 Å². The van der Waals surface area contributed by atoms with Crippen LogP contribution in [0.3, 0.4) is 0 Å². The smallest absolute Gasteiger partial charge is 0.282 e. The molecular formula is C34H33N3O4. The van der Waals surface area contributed by atoms with Crippen molar-refractivity contribution in [1.82, 2.24) is 9.66 Å². The molecule has 0 amide bonds. The summed E-state index contributed by atoms with van der Waals surface area (Å²) in [6.07, 6.45) is 1.62. The largest absolute Gasteiger partial charge is 0.496 e. The molecule has 0 bridgehead atoms. The van der Waals surface area contributed by atoms with E-state index in [9.17, 15) is 4.79 Å². The number of nitrogens with zero attached hydrogens (tertiary/aromatic N) is 3. The first-order valence-corrected chi connectivity index (χ1v) is 13.5. The summed E-state index contributed by atoms with van der Waals surface area (Å²) in [4.78, 5) is 18.8. The predicted octanol–water partition coefficient (Wildman–Crippen LogP) is 6.97. The molecule has 5 aromatic rings. The van der Waals surface area contributed by atoms with Crippen molar-refractivity contribution in [2.75, 3.05) is 14.2 Å². The van der Waals surface area contributed by atoms with Crippen molar-refractivity contribution in [1.29, 1.82) is 0 Å². The molecule has 0 aliphatic heterocycles. The zero-order valence-corrected chi connectivity index (χ0v) is 23.9. The number of hydrogen-bond donors (Lipinski definition) is 0. The number of rotatable bonds is 9. The van der Waals surface area contributed by atoms with Crippen molar-refractivity contribution < 1.29 is 14.2 Å². The van der Waals surface area contributed by atoms with Crippen molar-refractivity contribution in [3.05, 3.63) is 118 Å². The lowest BCUT2D eigenvalue weighted by Crippen LogP contribution is -2.21. The molecule has 0 N–H and O–H groups in total. The highest BCUT2D eigenvalue weighted by Gasteiger charge is 2.19. The van der Waals surface area contributed by atoms with E-state index < -0.39 is 0 Å². The number of methoxy groups -OCH3 is 2. The van der Waals surface area contributed by atoms with Gasteiger partial charge in [-0.25, -0.2) is 4.98 Å². The maximum atomic E-state index is 13.8. The van der Waals surface area contributed by atoms with Gasteiger partial charge in [0.05, 0.1) is 31.3 Å². The molecule has 5 rings (SSSR count). The molecular weight excluding hydrogens is 514 g/mol. The Balaban J connectivity index is 1.66. The summed E-state index contributed by atoms with van der Waals surface area (Å²) in [5.41, 5.74) is 4.78. The Labute approximate surface area is 239 Å². The SMILES string of the molecule is COc1cc(C)c(-c2nc3ccccc3c(=O)n2N=Cc2cccc(OC)c2OCc2ccccc2)cc1C(C)C. The summed E-state index contributed by atoms with van der Waals surface area (Å²) in [7, 11) is 3.26. The van der Waals surface area contributed by atoms with Gasteiger partial charge in [-0.1, -0.05) is 62.4 Å². The van der Waals surface area contributed by atoms with E-state index in [1.54, 1.807) is 26.5 Å². The van der Waals surface area contributed by atoms with E-state index in [0.29, 0.717) is 40.4 Å². The van der Waals surface area contributed by atoms with Crippen LogP contribution >= 0.6 is 0 Å². The molecule has 0 radical (unpaired) electrons. The Hall–Kier alpha value is -4.91. The maximum Gasteiger partial charge on any atom is 0.282 e. The number of benzene rings is 4. The van der Waals surface area contributed by atoms with Crippen LogP contribution in [0, 0.1) is 6.92 Å². The molecule has 1 aromatic heterocycles. The molecule has 1 heterocycles. The van der Waals surface area contributed by atoms with Crippen LogP contribution in [0.15, 0.2) is 94.8 Å². The van der Waals surface area contributed by atoms with E-state index in [1.807, 2.05) is 85.8 Å². The molecule has 0 saturated carbocycles. The van der Waals surface area contributed by atoms with Gasteiger partial charge in [0.15, 0.2) is 17.3 Å². The second-order valence-corrected chi connectivity index (χ2v) is 10.0. The zero-order valence-electron chi connectivity index (χ0n) is 23.9. The van der Waals surface area contributed by atoms with Gasteiger partial charge in [-0.3, -0.25) is 4.79 Å². The highest BCUT2D eigenvalue weighted by Crippen LogP contribution is 2.34. The van der Waals surface area contributed by atoms with E-state index in [-0.39, 0.29) is 11.5 Å². The summed E-state index contributed by atoms with van der Waals surface area (Å²) in [6, 6.07) is 26.8. The Kier molecular flexibility index (Phi) is 8.15. The molecule has 0 spiro atoms. The van der Waals surface area contributed by atoms with Crippen LogP contribution in [0.2, 0.25) is 0 Å². The standard InChI is InChI=1S/C34H33N3O4/c1-22(2)27-19-28(23(3)18-31(27)40-5)33-36-29-16-10-9-15-26(29)34(38)37(33)35-20-25-14-11-17-30(39-4)32(25)41-21-24-12-7-6-8-13-24/h6-20,22H,21H2,1-5H3. The van der Waals surface area contributed by atoms with Gasteiger partial charge in [0.2, 0.25) is 0 Å². The second-order valence-electron chi connectivity index (χ2n) is 10.0. The Morgan fingerprint density at radius 2 is 1.63 bits per heavy atom. The van der Waals surface area contributed by atoms with Crippen LogP contribution < -0.4 is 19.8 Å². The van der Waals surface area contributed by atoms with Crippen molar-refractivity contribution in [3.63, 3.8) is 0 Å². The molecule has 0 atom stereocenters. The second kappa shape index (κ2) is 12.1. The topological polar surface area (TPSA) is 74.9 Å². The lowest BCUT2D eigenvalue weighted by atomic mass is 9.96. The first-order valence-electron chi connectivity index (χ1n) is 13.5. The van der Waals surface area contributed by atoms with Crippen LogP contribution in [0.25, 0.3) is 22.3 Å². The quantitative estimate of drug-likeness (QED) is 0.186. The lowest BCUT2D eigenvalue weighted by molar-refractivity contribution is 0.284. The van der Waals surface area contributed by atoms with Crippen LogP contribution in [-0.2, 0) is 6.61 Å². The highest BCUT2D eigenvalue weighted by molar-refractivity contribution is 5.86. The average Bonchev–Trinajstić information content (AvgIpc) is 2.99. The fourth-order valence-electron chi connectivity index (χ4n) is 4.77. The first-order chi connectivity index (χ1) is 19.9. The summed E-state index contributed by atoms with van der Waals surface area (Å²) < 4.78 is 18.8. The fraction of sp³-hybridized carbons (Fsp3) is 0.206. The number of aryl methyl sites for hydroxylation is 1. The molecule has 0 fully saturated rings. The van der Waals surface area contributed by atoms with E-state index in [1.165, 1.54) is 4.68 Å². The normalized spacial score (nSPS) is 11.4. The number of hydrogen-bond acceptors (Lipinski definition) is 6. The Morgan fingerprint density at radius 3 is 2.37 bits per heavy atom. The van der Waals surface area contributed by atoms with Crippen molar-refractivity contribution >= 4 is 17.1 Å². The highest BCUT2D eigenvalue weighted by atomic mass is 16.5. The minimum absolute atomic E-state index is 0.203. The van der Waals surface area contributed by atoms with E-state index in [4.69, 9.17) is 24.3 Å². The average molecular weight is 548 g/mol. The van der Waals surface area contributed by atoms with Crippen molar-refractivity contribution in [2.45, 2.75) is 33.3 Å². The van der Waals surface area contributed by atoms with Crippen LogP contribution in [0.4, 0.5) is 0 Å². The van der Waals surface area contributed by atoms with Crippen LogP contribution in [-0.4, -0.2) is 30.1 Å². The molecule has 7 nitrogen and oxygen atoms in total. The molecule has 4 aromatic carbocycles. The molecule has 0 saturated heterocycles. The van der Waals surface area contributed by atoms with E-state index >= 15 is 0 Å². The predicted molar refractivity (Wildman–Crippen MR) is 164 cm³/mol. The van der Waals surface area contributed by atoms with Crippen molar-refractivity contribution in [3.8, 4) is 28.6 Å². The monoisotopic (exact) mass is 547 g/mol. The van der Waals surface area contributed by atoms with Crippen LogP contribution in [0.5, 0.6) is 17.2 Å². The number of ether oxygens (including phenoxy) is 3. The number of aromatic nitrogens is 2. The Bertz CT molecular complexity index is 1780. The molecule has 208 valence electrons. The third-order valence-electron chi connectivity index (χ3n) is 6.96. The molecule has 0 aliphatic rings. The van der Waals surface area contributed by atoms with Crippen LogP contribution in [0.1, 0.15) is 42.0 Å². The third-order valence-corrected chi connectivity index (χ3v) is 6.96. The molecule has 0 aliphatic carbocycles. The van der Waals surface area contributed by atoms with Gasteiger partial charge in [0, 0.05) is 11.1 Å². The van der Waals surface area contributed by atoms with Gasteiger partial charge in [-0.05, 0) is 65.9 Å². The molecule has 7 heteroatoms. The van der Waals surface area contributed by atoms with Crippen molar-refractivity contribution in [2.24, 2.45) is 5.10 Å². The number of para-hydroxylation sites is 2. The third kappa shape index (κ3) is 5.70. The van der Waals surface area contributed by atoms with Gasteiger partial charge in [-0.15, -0.1) is 0 Å². The van der Waals surface area contributed by atoms with E-state index in [0.717, 1.165) is 28.0 Å². The van der Waals surface area contributed by atoms with E-state index in [2.05, 4.69) is 13.8 Å². The van der Waals surface area contributed by atoms with Gasteiger partial charge in [0.25, 0.3) is 5.56 Å². The summed E-state index contributed by atoms with van der Waals surface area (Å²) in [5.74, 6) is 2.56. The molecule has 41 heavy (non-hydrogen) atoms. The maximum absolute atomic E-state index is 13.8. The summed E-state index contributed by atoms with van der Waals surface area (Å²) >= 11 is 0. The summed E-state index contributed by atoms with van der Waals surface area (Å²) in [6.45, 7) is 6.55. The van der Waals surface area contributed by atoms with Gasteiger partial charge in [0.1, 0.15) is 12.4 Å². The lowest BCUT2D eigenvalue weighted by Gasteiger charge is -2.17.